The third-order valence-corrected chi connectivity index (χ3v) is 2.71. The maximum Gasteiger partial charge on any atom is 0.187 e. The molecule has 0 aliphatic carbocycles. The van der Waals surface area contributed by atoms with Gasteiger partial charge in [0.1, 0.15) is 24.4 Å². The molecule has 0 aromatic rings. The van der Waals surface area contributed by atoms with Crippen LogP contribution in [0.5, 0.6) is 0 Å². The molecule has 1 aliphatic heterocycles. The van der Waals surface area contributed by atoms with Gasteiger partial charge < -0.3 is 24.8 Å². The molecule has 1 unspecified atom stereocenters. The van der Waals surface area contributed by atoms with E-state index in [0.29, 0.717) is 6.42 Å². The van der Waals surface area contributed by atoms with Crippen LogP contribution < -0.4 is 0 Å². The minimum atomic E-state index is -1.44. The number of ketones is 1. The van der Waals surface area contributed by atoms with Crippen molar-refractivity contribution in [1.29, 1.82) is 0 Å². The Morgan fingerprint density at radius 3 is 2.35 bits per heavy atom. The summed E-state index contributed by atoms with van der Waals surface area (Å²) in [5.41, 5.74) is 0. The Hall–Kier alpha value is -0.530. The molecule has 1 fully saturated rings. The summed E-state index contributed by atoms with van der Waals surface area (Å²) in [5.74, 6) is -0.296. The van der Waals surface area contributed by atoms with E-state index in [1.165, 1.54) is 0 Å². The molecular formula is C11H20O6. The van der Waals surface area contributed by atoms with E-state index in [-0.39, 0.29) is 18.8 Å². The first-order valence-electron chi connectivity index (χ1n) is 5.86. The largest absolute Gasteiger partial charge is 0.387 e. The van der Waals surface area contributed by atoms with Crippen LogP contribution >= 0.6 is 0 Å². The van der Waals surface area contributed by atoms with Crippen LogP contribution in [0.15, 0.2) is 0 Å². The Bertz CT molecular complexity index is 256. The molecule has 100 valence electrons. The lowest BCUT2D eigenvalue weighted by atomic mass is 9.94. The molecule has 5 atom stereocenters. The molecule has 0 aromatic heterocycles. The molecule has 6 nitrogen and oxygen atoms in total. The predicted octanol–water partition coefficient (Wildman–Crippen LogP) is -0.800. The van der Waals surface area contributed by atoms with Gasteiger partial charge in [-0.2, -0.15) is 0 Å². The molecule has 17 heavy (non-hydrogen) atoms. The minimum Gasteiger partial charge on any atom is -0.387 e. The number of aliphatic hydroxyl groups excluding tert-OH is 3. The van der Waals surface area contributed by atoms with Crippen LogP contribution in [0.4, 0.5) is 0 Å². The zero-order valence-electron chi connectivity index (χ0n) is 10.1. The Kier molecular flexibility index (Phi) is 5.48. The smallest absolute Gasteiger partial charge is 0.187 e. The highest BCUT2D eigenvalue weighted by molar-refractivity contribution is 5.83. The van der Waals surface area contributed by atoms with Crippen molar-refractivity contribution in [3.63, 3.8) is 0 Å². The third-order valence-electron chi connectivity index (χ3n) is 2.71. The van der Waals surface area contributed by atoms with Crippen LogP contribution in [0.25, 0.3) is 0 Å². The summed E-state index contributed by atoms with van der Waals surface area (Å²) in [7, 11) is 0. The highest BCUT2D eigenvalue weighted by Gasteiger charge is 2.46. The molecule has 6 heteroatoms. The molecule has 0 spiro atoms. The van der Waals surface area contributed by atoms with Gasteiger partial charge in [-0.1, -0.05) is 6.92 Å². The van der Waals surface area contributed by atoms with E-state index in [1.54, 1.807) is 6.92 Å². The van der Waals surface area contributed by atoms with Crippen LogP contribution in [-0.4, -0.2) is 58.4 Å². The zero-order valence-corrected chi connectivity index (χ0v) is 10.1. The average molecular weight is 248 g/mol. The van der Waals surface area contributed by atoms with E-state index in [4.69, 9.17) is 9.47 Å². The van der Waals surface area contributed by atoms with Crippen LogP contribution in [0.1, 0.15) is 26.7 Å². The van der Waals surface area contributed by atoms with Crippen molar-refractivity contribution in [2.75, 3.05) is 6.61 Å². The third kappa shape index (κ3) is 3.23. The normalized spacial score (nSPS) is 38.1. The van der Waals surface area contributed by atoms with Crippen molar-refractivity contribution in [2.45, 2.75) is 57.4 Å². The Balaban J connectivity index is 2.74. The lowest BCUT2D eigenvalue weighted by Gasteiger charge is -2.39. The van der Waals surface area contributed by atoms with E-state index in [9.17, 15) is 20.1 Å². The van der Waals surface area contributed by atoms with E-state index in [1.807, 2.05) is 6.92 Å². The Labute approximate surface area is 100 Å². The maximum absolute atomic E-state index is 11.7. The number of Topliss-reactive ketones (excluding diaryl/α,β-unsaturated/α-hetero) is 1. The number of rotatable bonds is 5. The summed E-state index contributed by atoms with van der Waals surface area (Å²) in [4.78, 5) is 11.7. The summed E-state index contributed by atoms with van der Waals surface area (Å²) in [6, 6.07) is 0. The SMILES string of the molecule is CCCC(=O)[C@H]1OC(OCC)[C@H](O)[C@@H](O)[C@H]1O. The molecule has 0 aromatic carbocycles. The maximum atomic E-state index is 11.7. The van der Waals surface area contributed by atoms with Crippen molar-refractivity contribution in [3.05, 3.63) is 0 Å². The van der Waals surface area contributed by atoms with Gasteiger partial charge in [-0.15, -0.1) is 0 Å². The van der Waals surface area contributed by atoms with Crippen LogP contribution in [0, 0.1) is 0 Å². The molecule has 3 N–H and O–H groups in total. The number of hydrogen-bond donors (Lipinski definition) is 3. The lowest BCUT2D eigenvalue weighted by molar-refractivity contribution is -0.289. The summed E-state index contributed by atoms with van der Waals surface area (Å²) < 4.78 is 10.3. The number of carbonyl (C=O) groups excluding carboxylic acids is 1. The standard InChI is InChI=1S/C11H20O6/c1-3-5-6(12)10-8(14)7(13)9(15)11(17-10)16-4-2/h7-11,13-15H,3-5H2,1-2H3/t7-,8+,9+,10+,11?/m0/s1. The molecule has 1 heterocycles. The first-order valence-corrected chi connectivity index (χ1v) is 5.86. The highest BCUT2D eigenvalue weighted by atomic mass is 16.7. The van der Waals surface area contributed by atoms with Gasteiger partial charge in [-0.3, -0.25) is 4.79 Å². The second-order valence-electron chi connectivity index (χ2n) is 4.07. The van der Waals surface area contributed by atoms with Crippen LogP contribution in [0.3, 0.4) is 0 Å². The molecule has 0 radical (unpaired) electrons. The predicted molar refractivity (Wildman–Crippen MR) is 58.2 cm³/mol. The minimum absolute atomic E-state index is 0.253. The summed E-state index contributed by atoms with van der Waals surface area (Å²) in [5, 5.41) is 28.9. The van der Waals surface area contributed by atoms with Crippen LogP contribution in [0.2, 0.25) is 0 Å². The average Bonchev–Trinajstić information content (AvgIpc) is 2.30. The fourth-order valence-electron chi connectivity index (χ4n) is 1.80. The molecule has 1 aliphatic rings. The van der Waals surface area contributed by atoms with Crippen molar-refractivity contribution >= 4 is 5.78 Å². The fraction of sp³-hybridized carbons (Fsp3) is 0.909. The fourth-order valence-corrected chi connectivity index (χ4v) is 1.80. The lowest BCUT2D eigenvalue weighted by Crippen LogP contribution is -2.60. The summed E-state index contributed by atoms with van der Waals surface area (Å²) >= 11 is 0. The number of hydrogen-bond acceptors (Lipinski definition) is 6. The van der Waals surface area contributed by atoms with Crippen molar-refractivity contribution in [3.8, 4) is 0 Å². The summed E-state index contributed by atoms with van der Waals surface area (Å²) in [6.45, 7) is 3.81. The second kappa shape index (κ2) is 6.42. The van der Waals surface area contributed by atoms with E-state index < -0.39 is 30.7 Å². The van der Waals surface area contributed by atoms with Crippen molar-refractivity contribution < 1.29 is 29.6 Å². The Morgan fingerprint density at radius 2 is 1.82 bits per heavy atom. The van der Waals surface area contributed by atoms with Crippen molar-refractivity contribution in [1.82, 2.24) is 0 Å². The zero-order chi connectivity index (χ0) is 13.0. The van der Waals surface area contributed by atoms with E-state index in [0.717, 1.165) is 0 Å². The van der Waals surface area contributed by atoms with Gasteiger partial charge in [0.05, 0.1) is 0 Å². The molecular weight excluding hydrogens is 228 g/mol. The number of ether oxygens (including phenoxy) is 2. The Morgan fingerprint density at radius 1 is 1.18 bits per heavy atom. The first-order chi connectivity index (χ1) is 8.02. The van der Waals surface area contributed by atoms with Gasteiger partial charge >= 0.3 is 0 Å². The van der Waals surface area contributed by atoms with Gasteiger partial charge in [0.25, 0.3) is 0 Å². The van der Waals surface area contributed by atoms with Crippen molar-refractivity contribution in [2.24, 2.45) is 0 Å². The number of aliphatic hydroxyl groups is 3. The quantitative estimate of drug-likeness (QED) is 0.589. The molecule has 0 amide bonds. The van der Waals surface area contributed by atoms with E-state index >= 15 is 0 Å². The molecule has 0 saturated carbocycles. The van der Waals surface area contributed by atoms with Gasteiger partial charge in [0, 0.05) is 13.0 Å². The topological polar surface area (TPSA) is 96.2 Å². The number of carbonyl (C=O) groups is 1. The van der Waals surface area contributed by atoms with Gasteiger partial charge in [-0.25, -0.2) is 0 Å². The van der Waals surface area contributed by atoms with E-state index in [2.05, 4.69) is 0 Å². The molecule has 1 saturated heterocycles. The van der Waals surface area contributed by atoms with Crippen LogP contribution in [-0.2, 0) is 14.3 Å². The van der Waals surface area contributed by atoms with Gasteiger partial charge in [-0.05, 0) is 13.3 Å². The van der Waals surface area contributed by atoms with Gasteiger partial charge in [0.15, 0.2) is 12.1 Å². The molecule has 0 bridgehead atoms. The first kappa shape index (κ1) is 14.5. The van der Waals surface area contributed by atoms with Gasteiger partial charge in [0.2, 0.25) is 0 Å². The second-order valence-corrected chi connectivity index (χ2v) is 4.07. The molecule has 1 rings (SSSR count). The highest BCUT2D eigenvalue weighted by Crippen LogP contribution is 2.23. The monoisotopic (exact) mass is 248 g/mol. The summed E-state index contributed by atoms with van der Waals surface area (Å²) in [6.07, 6.45) is -5.54.